The Kier molecular flexibility index (Phi) is 6.02. The van der Waals surface area contributed by atoms with E-state index in [9.17, 15) is 10.1 Å². The quantitative estimate of drug-likeness (QED) is 0.564. The highest BCUT2D eigenvalue weighted by molar-refractivity contribution is 8.00. The monoisotopic (exact) mass is 436 g/mol. The molecule has 8 heteroatoms. The van der Waals surface area contributed by atoms with E-state index in [-0.39, 0.29) is 5.91 Å². The van der Waals surface area contributed by atoms with E-state index < -0.39 is 5.25 Å². The highest BCUT2D eigenvalue weighted by Crippen LogP contribution is 2.31. The van der Waals surface area contributed by atoms with E-state index in [4.69, 9.17) is 4.74 Å². The number of pyridine rings is 1. The van der Waals surface area contributed by atoms with Crippen LogP contribution in [0, 0.1) is 11.3 Å². The first-order valence-electron chi connectivity index (χ1n) is 9.57. The lowest BCUT2D eigenvalue weighted by molar-refractivity contribution is -0.115. The number of ether oxygens (including phenoxy) is 1. The fourth-order valence-electron chi connectivity index (χ4n) is 3.28. The minimum absolute atomic E-state index is 0.165. The zero-order valence-electron chi connectivity index (χ0n) is 16.6. The predicted octanol–water partition coefficient (Wildman–Crippen LogP) is 4.69. The van der Waals surface area contributed by atoms with Crippen molar-refractivity contribution in [2.24, 2.45) is 0 Å². The Balaban J connectivity index is 1.43. The number of aryl methyl sites for hydroxylation is 2. The number of anilines is 1. The second-order valence-corrected chi connectivity index (χ2v) is 9.12. The lowest BCUT2D eigenvalue weighted by atomic mass is 10.2. The first kappa shape index (κ1) is 20.4. The van der Waals surface area contributed by atoms with Crippen LogP contribution >= 0.6 is 23.1 Å². The zero-order chi connectivity index (χ0) is 21.1. The number of amides is 1. The van der Waals surface area contributed by atoms with E-state index in [0.717, 1.165) is 47.5 Å². The zero-order valence-corrected chi connectivity index (χ0v) is 18.3. The molecule has 1 N–H and O–H groups in total. The number of rotatable bonds is 6. The molecule has 1 aliphatic carbocycles. The maximum absolute atomic E-state index is 12.7. The van der Waals surface area contributed by atoms with Gasteiger partial charge in [0.2, 0.25) is 5.91 Å². The van der Waals surface area contributed by atoms with Gasteiger partial charge in [-0.05, 0) is 62.1 Å². The van der Waals surface area contributed by atoms with Gasteiger partial charge in [-0.3, -0.25) is 4.79 Å². The second kappa shape index (κ2) is 8.86. The number of benzene rings is 1. The third kappa shape index (κ3) is 4.32. The molecule has 1 amide bonds. The average Bonchev–Trinajstić information content (AvgIpc) is 3.42. The predicted molar refractivity (Wildman–Crippen MR) is 119 cm³/mol. The average molecular weight is 437 g/mol. The van der Waals surface area contributed by atoms with Gasteiger partial charge in [0.15, 0.2) is 5.13 Å². The highest BCUT2D eigenvalue weighted by atomic mass is 32.2. The Bertz CT molecular complexity index is 1120. The van der Waals surface area contributed by atoms with E-state index in [1.165, 1.54) is 23.1 Å². The van der Waals surface area contributed by atoms with Crippen LogP contribution in [0.2, 0.25) is 0 Å². The number of methoxy groups -OCH3 is 1. The summed E-state index contributed by atoms with van der Waals surface area (Å²) in [7, 11) is 1.63. The van der Waals surface area contributed by atoms with Gasteiger partial charge in [-0.2, -0.15) is 5.26 Å². The summed E-state index contributed by atoms with van der Waals surface area (Å²) in [5.74, 6) is 0.618. The van der Waals surface area contributed by atoms with Gasteiger partial charge in [0, 0.05) is 16.6 Å². The van der Waals surface area contributed by atoms with Crippen LogP contribution in [-0.4, -0.2) is 28.2 Å². The van der Waals surface area contributed by atoms with Gasteiger partial charge in [0.1, 0.15) is 16.8 Å². The van der Waals surface area contributed by atoms with Gasteiger partial charge in [-0.25, -0.2) is 9.97 Å². The van der Waals surface area contributed by atoms with Crippen LogP contribution in [-0.2, 0) is 17.6 Å². The molecule has 1 unspecified atom stereocenters. The summed E-state index contributed by atoms with van der Waals surface area (Å²) >= 11 is 2.69. The van der Waals surface area contributed by atoms with Crippen molar-refractivity contribution in [3.8, 4) is 23.1 Å². The number of hydrogen-bond acceptors (Lipinski definition) is 7. The summed E-state index contributed by atoms with van der Waals surface area (Å²) < 4.78 is 5.18. The van der Waals surface area contributed by atoms with Crippen molar-refractivity contribution in [1.29, 1.82) is 5.26 Å². The molecular formula is C22H20N4O2S2. The van der Waals surface area contributed by atoms with E-state index in [1.54, 1.807) is 7.11 Å². The maximum atomic E-state index is 12.7. The lowest BCUT2D eigenvalue weighted by Crippen LogP contribution is -2.22. The molecule has 0 radical (unpaired) electrons. The maximum Gasteiger partial charge on any atom is 0.239 e. The molecule has 0 fully saturated rings. The Morgan fingerprint density at radius 2 is 2.10 bits per heavy atom. The van der Waals surface area contributed by atoms with Crippen molar-refractivity contribution in [2.75, 3.05) is 12.4 Å². The van der Waals surface area contributed by atoms with Crippen LogP contribution in [0.25, 0.3) is 11.3 Å². The Morgan fingerprint density at radius 3 is 2.83 bits per heavy atom. The number of fused-ring (bicyclic) bond motifs is 1. The molecule has 1 aliphatic rings. The molecule has 3 aromatic rings. The Labute approximate surface area is 183 Å². The minimum atomic E-state index is -0.405. The third-order valence-electron chi connectivity index (χ3n) is 4.91. The number of thioether (sulfide) groups is 1. The lowest BCUT2D eigenvalue weighted by Gasteiger charge is -2.12. The van der Waals surface area contributed by atoms with Gasteiger partial charge < -0.3 is 10.1 Å². The molecule has 0 spiro atoms. The van der Waals surface area contributed by atoms with Crippen LogP contribution in [0.4, 0.5) is 5.13 Å². The fraction of sp³-hybridized carbons (Fsp3) is 0.273. The van der Waals surface area contributed by atoms with Crippen LogP contribution in [0.1, 0.15) is 30.2 Å². The summed E-state index contributed by atoms with van der Waals surface area (Å²) in [5, 5.41) is 15.0. The first-order valence-corrected chi connectivity index (χ1v) is 11.3. The standard InChI is InChI=1S/C22H20N4O2S2/c1-13(30-21-16(11-23)10-15-4-3-5-18(15)24-21)20(27)26-22-25-19(12-29-22)14-6-8-17(28-2)9-7-14/h6-10,12-13H,3-5H2,1-2H3,(H,25,26,27). The molecule has 0 saturated carbocycles. The fourth-order valence-corrected chi connectivity index (χ4v) is 4.89. The minimum Gasteiger partial charge on any atom is -0.497 e. The van der Waals surface area contributed by atoms with Gasteiger partial charge >= 0.3 is 0 Å². The van der Waals surface area contributed by atoms with Gasteiger partial charge in [0.05, 0.1) is 23.6 Å². The van der Waals surface area contributed by atoms with Crippen molar-refractivity contribution in [2.45, 2.75) is 36.5 Å². The van der Waals surface area contributed by atoms with Crippen molar-refractivity contribution < 1.29 is 9.53 Å². The number of hydrogen-bond donors (Lipinski definition) is 1. The van der Waals surface area contributed by atoms with E-state index >= 15 is 0 Å². The van der Waals surface area contributed by atoms with Crippen LogP contribution < -0.4 is 10.1 Å². The molecule has 2 aromatic heterocycles. The number of carbonyl (C=O) groups is 1. The smallest absolute Gasteiger partial charge is 0.239 e. The molecule has 2 heterocycles. The highest BCUT2D eigenvalue weighted by Gasteiger charge is 2.22. The van der Waals surface area contributed by atoms with Crippen LogP contribution in [0.15, 0.2) is 40.7 Å². The number of carbonyl (C=O) groups excluding carboxylic acids is 1. The molecule has 152 valence electrons. The molecule has 30 heavy (non-hydrogen) atoms. The molecule has 0 saturated heterocycles. The summed E-state index contributed by atoms with van der Waals surface area (Å²) in [6, 6.07) is 11.8. The third-order valence-corrected chi connectivity index (χ3v) is 6.77. The number of nitrogens with zero attached hydrogens (tertiary/aromatic N) is 3. The number of nitriles is 1. The van der Waals surface area contributed by atoms with Crippen molar-refractivity contribution in [1.82, 2.24) is 9.97 Å². The molecule has 0 bridgehead atoms. The first-order chi connectivity index (χ1) is 14.6. The van der Waals surface area contributed by atoms with Gasteiger partial charge in [0.25, 0.3) is 0 Å². The van der Waals surface area contributed by atoms with E-state index in [0.29, 0.717) is 15.7 Å². The van der Waals surface area contributed by atoms with Crippen molar-refractivity contribution in [3.63, 3.8) is 0 Å². The number of aromatic nitrogens is 2. The van der Waals surface area contributed by atoms with Crippen molar-refractivity contribution in [3.05, 3.63) is 52.5 Å². The van der Waals surface area contributed by atoms with E-state index in [1.807, 2.05) is 42.6 Å². The molecule has 0 aliphatic heterocycles. The Hall–Kier alpha value is -2.89. The summed E-state index contributed by atoms with van der Waals surface area (Å²) in [6.45, 7) is 1.81. The normalized spacial score (nSPS) is 13.4. The van der Waals surface area contributed by atoms with Gasteiger partial charge in [-0.15, -0.1) is 11.3 Å². The van der Waals surface area contributed by atoms with Gasteiger partial charge in [-0.1, -0.05) is 11.8 Å². The largest absolute Gasteiger partial charge is 0.497 e. The molecular weight excluding hydrogens is 416 g/mol. The Morgan fingerprint density at radius 1 is 1.30 bits per heavy atom. The topological polar surface area (TPSA) is 87.9 Å². The number of thiazole rings is 1. The van der Waals surface area contributed by atoms with Crippen LogP contribution in [0.5, 0.6) is 5.75 Å². The van der Waals surface area contributed by atoms with Crippen molar-refractivity contribution >= 4 is 34.1 Å². The molecule has 6 nitrogen and oxygen atoms in total. The molecule has 1 aromatic carbocycles. The molecule has 1 atom stereocenters. The van der Waals surface area contributed by atoms with E-state index in [2.05, 4.69) is 21.4 Å². The molecule has 4 rings (SSSR count). The summed E-state index contributed by atoms with van der Waals surface area (Å²) in [6.07, 6.45) is 2.97. The van der Waals surface area contributed by atoms with Crippen LogP contribution in [0.3, 0.4) is 0 Å². The summed E-state index contributed by atoms with van der Waals surface area (Å²) in [4.78, 5) is 21.9. The number of nitrogens with one attached hydrogen (secondary N) is 1. The summed E-state index contributed by atoms with van der Waals surface area (Å²) in [5.41, 5.74) is 4.49. The second-order valence-electron chi connectivity index (χ2n) is 6.93. The SMILES string of the molecule is COc1ccc(-c2csc(NC(=O)C(C)Sc3nc4c(cc3C#N)CCC4)n2)cc1.